The second kappa shape index (κ2) is 7.97. The van der Waals surface area contributed by atoms with Gasteiger partial charge in [0, 0.05) is 13.7 Å². The normalized spacial score (nSPS) is 10.6. The molecule has 0 aliphatic rings. The van der Waals surface area contributed by atoms with E-state index >= 15 is 0 Å². The summed E-state index contributed by atoms with van der Waals surface area (Å²) in [5, 5.41) is 2.90. The van der Waals surface area contributed by atoms with Crippen LogP contribution in [0.5, 0.6) is 5.75 Å². The molecule has 0 aliphatic heterocycles. The molecule has 0 aromatic heterocycles. The number of anilines is 1. The Morgan fingerprint density at radius 1 is 1.23 bits per heavy atom. The maximum Gasteiger partial charge on any atom is 0.259 e. The Morgan fingerprint density at radius 2 is 1.91 bits per heavy atom. The molecular weight excluding hydrogens is 457 g/mol. The number of benzene rings is 2. The van der Waals surface area contributed by atoms with E-state index in [-0.39, 0.29) is 5.91 Å². The Morgan fingerprint density at radius 3 is 2.55 bits per heavy atom. The summed E-state index contributed by atoms with van der Waals surface area (Å²) in [5.74, 6) is 0.817. The van der Waals surface area contributed by atoms with Crippen molar-refractivity contribution in [3.05, 3.63) is 56.1 Å². The van der Waals surface area contributed by atoms with Gasteiger partial charge in [0.05, 0.1) is 12.2 Å². The van der Waals surface area contributed by atoms with Crippen molar-refractivity contribution < 1.29 is 9.53 Å². The van der Waals surface area contributed by atoms with Crippen molar-refractivity contribution in [2.24, 2.45) is 5.92 Å². The third kappa shape index (κ3) is 4.98. The first-order valence-corrected chi connectivity index (χ1v) is 8.82. The molecule has 1 N–H and O–H groups in total. The van der Waals surface area contributed by atoms with Crippen LogP contribution in [0.3, 0.4) is 0 Å². The first kappa shape index (κ1) is 17.3. The van der Waals surface area contributed by atoms with Crippen molar-refractivity contribution in [2.75, 3.05) is 11.9 Å². The van der Waals surface area contributed by atoms with E-state index < -0.39 is 0 Å². The molecule has 5 heteroatoms. The Balaban J connectivity index is 2.20. The SMILES string of the molecule is CC(C)COc1ccc(Br)cc1C(=O)Nc1ccc(I)cc1. The quantitative estimate of drug-likeness (QED) is 0.595. The van der Waals surface area contributed by atoms with Gasteiger partial charge in [0.2, 0.25) is 0 Å². The molecule has 116 valence electrons. The van der Waals surface area contributed by atoms with Crippen LogP contribution in [0.25, 0.3) is 0 Å². The minimum absolute atomic E-state index is 0.179. The van der Waals surface area contributed by atoms with E-state index in [2.05, 4.69) is 57.7 Å². The van der Waals surface area contributed by atoms with Crippen molar-refractivity contribution in [3.63, 3.8) is 0 Å². The Labute approximate surface area is 152 Å². The predicted molar refractivity (Wildman–Crippen MR) is 102 cm³/mol. The van der Waals surface area contributed by atoms with E-state index in [4.69, 9.17) is 4.74 Å². The van der Waals surface area contributed by atoms with Gasteiger partial charge in [0.1, 0.15) is 5.75 Å². The van der Waals surface area contributed by atoms with Crippen LogP contribution >= 0.6 is 38.5 Å². The lowest BCUT2D eigenvalue weighted by atomic mass is 10.1. The van der Waals surface area contributed by atoms with E-state index in [0.717, 1.165) is 13.7 Å². The molecule has 2 aromatic rings. The highest BCUT2D eigenvalue weighted by Gasteiger charge is 2.14. The van der Waals surface area contributed by atoms with E-state index in [0.29, 0.717) is 23.8 Å². The summed E-state index contributed by atoms with van der Waals surface area (Å²) < 4.78 is 7.72. The summed E-state index contributed by atoms with van der Waals surface area (Å²) in [5.41, 5.74) is 1.29. The standard InChI is InChI=1S/C17H17BrINO2/c1-11(2)10-22-16-8-3-12(18)9-15(16)17(21)20-14-6-4-13(19)5-7-14/h3-9,11H,10H2,1-2H3,(H,20,21). The molecule has 0 unspecified atom stereocenters. The maximum absolute atomic E-state index is 12.5. The van der Waals surface area contributed by atoms with Crippen LogP contribution in [0.2, 0.25) is 0 Å². The summed E-state index contributed by atoms with van der Waals surface area (Å²) >= 11 is 5.63. The highest BCUT2D eigenvalue weighted by Crippen LogP contribution is 2.25. The van der Waals surface area contributed by atoms with E-state index in [1.807, 2.05) is 36.4 Å². The summed E-state index contributed by atoms with van der Waals surface area (Å²) in [6.45, 7) is 4.72. The second-order valence-corrected chi connectivity index (χ2v) is 7.47. The molecule has 0 radical (unpaired) electrons. The van der Waals surface area contributed by atoms with E-state index in [1.54, 1.807) is 6.07 Å². The lowest BCUT2D eigenvalue weighted by Crippen LogP contribution is -2.15. The molecule has 1 amide bonds. The number of carbonyl (C=O) groups excluding carboxylic acids is 1. The summed E-state index contributed by atoms with van der Waals surface area (Å²) in [7, 11) is 0. The van der Waals surface area contributed by atoms with Crippen molar-refractivity contribution in [1.82, 2.24) is 0 Å². The van der Waals surface area contributed by atoms with Crippen LogP contribution in [-0.4, -0.2) is 12.5 Å². The molecule has 0 spiro atoms. The van der Waals surface area contributed by atoms with Crippen LogP contribution < -0.4 is 10.1 Å². The fraction of sp³-hybridized carbons (Fsp3) is 0.235. The average Bonchev–Trinajstić information content (AvgIpc) is 2.48. The minimum atomic E-state index is -0.179. The van der Waals surface area contributed by atoms with Gasteiger partial charge in [-0.2, -0.15) is 0 Å². The number of hydrogen-bond acceptors (Lipinski definition) is 2. The zero-order chi connectivity index (χ0) is 16.1. The third-order valence-electron chi connectivity index (χ3n) is 2.86. The topological polar surface area (TPSA) is 38.3 Å². The highest BCUT2D eigenvalue weighted by molar-refractivity contribution is 14.1. The second-order valence-electron chi connectivity index (χ2n) is 5.31. The fourth-order valence-corrected chi connectivity index (χ4v) is 2.51. The van der Waals surface area contributed by atoms with Gasteiger partial charge < -0.3 is 10.1 Å². The number of ether oxygens (including phenoxy) is 1. The summed E-state index contributed by atoms with van der Waals surface area (Å²) in [6, 6.07) is 13.1. The number of halogens is 2. The van der Waals surface area contributed by atoms with Gasteiger partial charge in [0.25, 0.3) is 5.91 Å². The molecule has 0 fully saturated rings. The molecule has 0 atom stereocenters. The lowest BCUT2D eigenvalue weighted by Gasteiger charge is -2.13. The fourth-order valence-electron chi connectivity index (χ4n) is 1.79. The molecule has 0 bridgehead atoms. The Kier molecular flexibility index (Phi) is 6.26. The van der Waals surface area contributed by atoms with Crippen LogP contribution in [0, 0.1) is 9.49 Å². The third-order valence-corrected chi connectivity index (χ3v) is 4.07. The smallest absolute Gasteiger partial charge is 0.259 e. The number of nitrogens with one attached hydrogen (secondary N) is 1. The largest absolute Gasteiger partial charge is 0.492 e. The molecule has 22 heavy (non-hydrogen) atoms. The van der Waals surface area contributed by atoms with Gasteiger partial charge >= 0.3 is 0 Å². The molecule has 2 aromatic carbocycles. The van der Waals surface area contributed by atoms with Gasteiger partial charge in [-0.1, -0.05) is 29.8 Å². The van der Waals surface area contributed by atoms with Crippen molar-refractivity contribution in [1.29, 1.82) is 0 Å². The zero-order valence-electron chi connectivity index (χ0n) is 12.4. The maximum atomic E-state index is 12.5. The van der Waals surface area contributed by atoms with Crippen LogP contribution in [-0.2, 0) is 0 Å². The number of hydrogen-bond donors (Lipinski definition) is 1. The summed E-state index contributed by atoms with van der Waals surface area (Å²) in [6.07, 6.45) is 0. The van der Waals surface area contributed by atoms with E-state index in [9.17, 15) is 4.79 Å². The highest BCUT2D eigenvalue weighted by atomic mass is 127. The molecular formula is C17H17BrINO2. The van der Waals surface area contributed by atoms with Crippen molar-refractivity contribution in [3.8, 4) is 5.75 Å². The van der Waals surface area contributed by atoms with Gasteiger partial charge in [-0.25, -0.2) is 0 Å². The number of carbonyl (C=O) groups is 1. The Bertz CT molecular complexity index is 656. The molecule has 0 aliphatic carbocycles. The van der Waals surface area contributed by atoms with Crippen molar-refractivity contribution >= 4 is 50.1 Å². The van der Waals surface area contributed by atoms with Crippen LogP contribution in [0.4, 0.5) is 5.69 Å². The summed E-state index contributed by atoms with van der Waals surface area (Å²) in [4.78, 5) is 12.5. The van der Waals surface area contributed by atoms with Crippen LogP contribution in [0.1, 0.15) is 24.2 Å². The molecule has 0 saturated heterocycles. The minimum Gasteiger partial charge on any atom is -0.492 e. The van der Waals surface area contributed by atoms with E-state index in [1.165, 1.54) is 0 Å². The van der Waals surface area contributed by atoms with Gasteiger partial charge in [0.15, 0.2) is 0 Å². The monoisotopic (exact) mass is 473 g/mol. The Hall–Kier alpha value is -1.08. The molecule has 0 heterocycles. The average molecular weight is 474 g/mol. The first-order chi connectivity index (χ1) is 10.5. The van der Waals surface area contributed by atoms with Crippen LogP contribution in [0.15, 0.2) is 46.9 Å². The molecule has 3 nitrogen and oxygen atoms in total. The molecule has 0 saturated carbocycles. The lowest BCUT2D eigenvalue weighted by molar-refractivity contribution is 0.102. The predicted octanol–water partition coefficient (Wildman–Crippen LogP) is 5.34. The van der Waals surface area contributed by atoms with Crippen molar-refractivity contribution in [2.45, 2.75) is 13.8 Å². The first-order valence-electron chi connectivity index (χ1n) is 6.95. The molecule has 2 rings (SSSR count). The number of rotatable bonds is 5. The van der Waals surface area contributed by atoms with Gasteiger partial charge in [-0.05, 0) is 71.0 Å². The van der Waals surface area contributed by atoms with Gasteiger partial charge in [-0.3, -0.25) is 4.79 Å². The zero-order valence-corrected chi connectivity index (χ0v) is 16.1. The number of amides is 1. The van der Waals surface area contributed by atoms with Gasteiger partial charge in [-0.15, -0.1) is 0 Å².